The number of halogens is 1. The van der Waals surface area contributed by atoms with Crippen LogP contribution in [0.25, 0.3) is 0 Å². The highest BCUT2D eigenvalue weighted by molar-refractivity contribution is 9.10. The fraction of sp³-hybridized carbons (Fsp3) is 0.333. The van der Waals surface area contributed by atoms with E-state index in [-0.39, 0.29) is 0 Å². The molecule has 2 aromatic rings. The Morgan fingerprint density at radius 1 is 1.15 bits per heavy atom. The highest BCUT2D eigenvalue weighted by Crippen LogP contribution is 2.54. The molecule has 3 unspecified atom stereocenters. The van der Waals surface area contributed by atoms with Gasteiger partial charge in [-0.25, -0.2) is 0 Å². The van der Waals surface area contributed by atoms with Crippen LogP contribution in [0.1, 0.15) is 35.1 Å². The van der Waals surface area contributed by atoms with Crippen LogP contribution in [-0.4, -0.2) is 7.05 Å². The number of nitrogens with one attached hydrogen (secondary N) is 1. The molecule has 3 atom stereocenters. The van der Waals surface area contributed by atoms with Gasteiger partial charge in [-0.2, -0.15) is 0 Å². The third-order valence-corrected chi connectivity index (χ3v) is 4.69. The first-order valence-corrected chi connectivity index (χ1v) is 7.97. The second-order valence-corrected chi connectivity index (χ2v) is 6.66. The lowest BCUT2D eigenvalue weighted by Gasteiger charge is -2.18. The van der Waals surface area contributed by atoms with Gasteiger partial charge < -0.3 is 5.32 Å². The lowest BCUT2D eigenvalue weighted by molar-refractivity contribution is 0.517. The van der Waals surface area contributed by atoms with Crippen molar-refractivity contribution >= 4 is 15.9 Å². The van der Waals surface area contributed by atoms with Gasteiger partial charge in [0.25, 0.3) is 0 Å². The molecule has 0 amide bonds. The van der Waals surface area contributed by atoms with Crippen molar-refractivity contribution in [2.75, 3.05) is 7.05 Å². The molecule has 1 nitrogen and oxygen atoms in total. The molecule has 0 heterocycles. The summed E-state index contributed by atoms with van der Waals surface area (Å²) in [6, 6.07) is 18.0. The fourth-order valence-corrected chi connectivity index (χ4v) is 3.86. The molecule has 3 rings (SSSR count). The van der Waals surface area contributed by atoms with E-state index in [0.29, 0.717) is 17.9 Å². The summed E-state index contributed by atoms with van der Waals surface area (Å²) < 4.78 is 1.17. The van der Waals surface area contributed by atoms with Gasteiger partial charge in [-0.15, -0.1) is 0 Å². The lowest BCUT2D eigenvalue weighted by Crippen LogP contribution is -2.19. The Balaban J connectivity index is 1.82. The van der Waals surface area contributed by atoms with Crippen molar-refractivity contribution in [2.45, 2.75) is 25.3 Å². The van der Waals surface area contributed by atoms with Crippen LogP contribution in [0.15, 0.2) is 53.0 Å². The monoisotopic (exact) mass is 329 g/mol. The van der Waals surface area contributed by atoms with Crippen molar-refractivity contribution < 1.29 is 0 Å². The van der Waals surface area contributed by atoms with Crippen molar-refractivity contribution in [2.24, 2.45) is 5.92 Å². The zero-order valence-electron chi connectivity index (χ0n) is 11.9. The third-order valence-electron chi connectivity index (χ3n) is 4.23. The van der Waals surface area contributed by atoms with Crippen LogP contribution in [0.5, 0.6) is 0 Å². The minimum Gasteiger partial charge on any atom is -0.313 e. The molecule has 0 aromatic heterocycles. The number of rotatable bonds is 4. The standard InChI is InChI=1S/C18H20BrN/c1-12-8-14(10-15(19)9-12)18(20-2)17-11-16(17)13-6-4-3-5-7-13/h3-10,16-18,20H,11H2,1-2H3. The van der Waals surface area contributed by atoms with Crippen LogP contribution >= 0.6 is 15.9 Å². The van der Waals surface area contributed by atoms with E-state index in [1.165, 1.54) is 27.6 Å². The summed E-state index contributed by atoms with van der Waals surface area (Å²) in [4.78, 5) is 0. The van der Waals surface area contributed by atoms with E-state index in [4.69, 9.17) is 0 Å². The van der Waals surface area contributed by atoms with Crippen molar-refractivity contribution in [3.05, 3.63) is 69.7 Å². The number of aryl methyl sites for hydroxylation is 1. The van der Waals surface area contributed by atoms with Gasteiger partial charge in [0.1, 0.15) is 0 Å². The Hall–Kier alpha value is -1.12. The van der Waals surface area contributed by atoms with Crippen molar-refractivity contribution in [1.82, 2.24) is 5.32 Å². The molecule has 0 spiro atoms. The van der Waals surface area contributed by atoms with Gasteiger partial charge in [0.15, 0.2) is 0 Å². The zero-order valence-corrected chi connectivity index (χ0v) is 13.5. The predicted octanol–water partition coefficient (Wildman–Crippen LogP) is 4.82. The maximum absolute atomic E-state index is 3.61. The molecule has 0 radical (unpaired) electrons. The van der Waals surface area contributed by atoms with Gasteiger partial charge in [0, 0.05) is 10.5 Å². The van der Waals surface area contributed by atoms with Gasteiger partial charge in [-0.05, 0) is 61.1 Å². The topological polar surface area (TPSA) is 12.0 Å². The van der Waals surface area contributed by atoms with Gasteiger partial charge >= 0.3 is 0 Å². The second kappa shape index (κ2) is 5.71. The van der Waals surface area contributed by atoms with E-state index in [1.807, 2.05) is 0 Å². The molecule has 2 heteroatoms. The Bertz CT molecular complexity index is 573. The smallest absolute Gasteiger partial charge is 0.0352 e. The molecule has 1 saturated carbocycles. The molecular formula is C18H20BrN. The molecule has 1 aliphatic rings. The average molecular weight is 330 g/mol. The summed E-state index contributed by atoms with van der Waals surface area (Å²) in [5, 5.41) is 3.51. The molecule has 0 saturated heterocycles. The van der Waals surface area contributed by atoms with Crippen LogP contribution in [0.3, 0.4) is 0 Å². The Labute approximate surface area is 129 Å². The molecular weight excluding hydrogens is 310 g/mol. The first-order valence-electron chi connectivity index (χ1n) is 7.18. The minimum atomic E-state index is 0.441. The van der Waals surface area contributed by atoms with Crippen LogP contribution in [0.4, 0.5) is 0 Å². The Morgan fingerprint density at radius 3 is 2.55 bits per heavy atom. The fourth-order valence-electron chi connectivity index (χ4n) is 3.24. The summed E-state index contributed by atoms with van der Waals surface area (Å²) in [6.07, 6.45) is 1.28. The van der Waals surface area contributed by atoms with Gasteiger partial charge in [0.05, 0.1) is 0 Å². The maximum atomic E-state index is 3.61. The maximum Gasteiger partial charge on any atom is 0.0352 e. The molecule has 0 bridgehead atoms. The number of hydrogen-bond acceptors (Lipinski definition) is 1. The molecule has 1 fully saturated rings. The van der Waals surface area contributed by atoms with Crippen LogP contribution < -0.4 is 5.32 Å². The Kier molecular flexibility index (Phi) is 3.95. The third kappa shape index (κ3) is 2.82. The Morgan fingerprint density at radius 2 is 1.90 bits per heavy atom. The predicted molar refractivity (Wildman–Crippen MR) is 88.0 cm³/mol. The number of benzene rings is 2. The molecule has 104 valence electrons. The summed E-state index contributed by atoms with van der Waals surface area (Å²) in [7, 11) is 2.07. The van der Waals surface area contributed by atoms with Gasteiger partial charge in [0.2, 0.25) is 0 Å². The summed E-state index contributed by atoms with van der Waals surface area (Å²) in [5.74, 6) is 1.41. The summed E-state index contributed by atoms with van der Waals surface area (Å²) >= 11 is 3.61. The minimum absolute atomic E-state index is 0.441. The van der Waals surface area contributed by atoms with Crippen LogP contribution in [-0.2, 0) is 0 Å². The van der Waals surface area contributed by atoms with Crippen LogP contribution in [0, 0.1) is 12.8 Å². The largest absolute Gasteiger partial charge is 0.313 e. The van der Waals surface area contributed by atoms with Crippen molar-refractivity contribution in [1.29, 1.82) is 0 Å². The normalized spacial score (nSPS) is 22.6. The number of hydrogen-bond donors (Lipinski definition) is 1. The van der Waals surface area contributed by atoms with Crippen LogP contribution in [0.2, 0.25) is 0 Å². The lowest BCUT2D eigenvalue weighted by atomic mass is 9.97. The van der Waals surface area contributed by atoms with E-state index in [1.54, 1.807) is 0 Å². The molecule has 0 aliphatic heterocycles. The molecule has 2 aromatic carbocycles. The SMILES string of the molecule is CNC(c1cc(C)cc(Br)c1)C1CC1c1ccccc1. The summed E-state index contributed by atoms with van der Waals surface area (Å²) in [5.41, 5.74) is 4.18. The van der Waals surface area contributed by atoms with Crippen molar-refractivity contribution in [3.63, 3.8) is 0 Å². The van der Waals surface area contributed by atoms with E-state index < -0.39 is 0 Å². The summed E-state index contributed by atoms with van der Waals surface area (Å²) in [6.45, 7) is 2.16. The molecule has 20 heavy (non-hydrogen) atoms. The highest BCUT2D eigenvalue weighted by Gasteiger charge is 2.43. The first-order chi connectivity index (χ1) is 9.69. The van der Waals surface area contributed by atoms with Gasteiger partial charge in [-0.1, -0.05) is 52.3 Å². The molecule has 1 aliphatic carbocycles. The van der Waals surface area contributed by atoms with E-state index in [0.717, 1.165) is 0 Å². The van der Waals surface area contributed by atoms with Gasteiger partial charge in [-0.3, -0.25) is 0 Å². The van der Waals surface area contributed by atoms with E-state index in [2.05, 4.69) is 83.7 Å². The molecule has 1 N–H and O–H groups in total. The van der Waals surface area contributed by atoms with E-state index in [9.17, 15) is 0 Å². The van der Waals surface area contributed by atoms with E-state index >= 15 is 0 Å². The average Bonchev–Trinajstić information content (AvgIpc) is 3.20. The highest BCUT2D eigenvalue weighted by atomic mass is 79.9. The van der Waals surface area contributed by atoms with Crippen molar-refractivity contribution in [3.8, 4) is 0 Å². The quantitative estimate of drug-likeness (QED) is 0.847. The zero-order chi connectivity index (χ0) is 14.1. The first kappa shape index (κ1) is 13.8. The second-order valence-electron chi connectivity index (χ2n) is 5.74.